The third-order valence-corrected chi connectivity index (χ3v) is 3.37. The van der Waals surface area contributed by atoms with E-state index in [1.807, 2.05) is 19.2 Å². The number of nitrogens with one attached hydrogen (secondary N) is 1. The summed E-state index contributed by atoms with van der Waals surface area (Å²) in [6, 6.07) is 5.05. The fourth-order valence-corrected chi connectivity index (χ4v) is 2.61. The number of aromatic nitrogens is 1. The van der Waals surface area contributed by atoms with Gasteiger partial charge >= 0.3 is 6.61 Å². The van der Waals surface area contributed by atoms with Gasteiger partial charge in [0.2, 0.25) is 0 Å². The van der Waals surface area contributed by atoms with Gasteiger partial charge in [0.1, 0.15) is 0 Å². The van der Waals surface area contributed by atoms with Gasteiger partial charge in [-0.1, -0.05) is 0 Å². The molecule has 1 aromatic carbocycles. The Morgan fingerprint density at radius 1 is 1.24 bits per heavy atom. The topological polar surface area (TPSA) is 43.4 Å². The van der Waals surface area contributed by atoms with E-state index in [2.05, 4.69) is 15.0 Å². The molecule has 1 aromatic heterocycles. The number of benzene rings is 1. The van der Waals surface area contributed by atoms with Crippen LogP contribution in [0.1, 0.15) is 13.8 Å². The van der Waals surface area contributed by atoms with Crippen LogP contribution in [0, 0.1) is 0 Å². The van der Waals surface area contributed by atoms with Crippen LogP contribution in [0.15, 0.2) is 23.6 Å². The molecule has 0 fully saturated rings. The number of methoxy groups -OCH3 is 1. The fourth-order valence-electron chi connectivity index (χ4n) is 1.74. The van der Waals surface area contributed by atoms with E-state index in [-0.39, 0.29) is 11.5 Å². The van der Waals surface area contributed by atoms with Crippen LogP contribution in [0.3, 0.4) is 0 Å². The van der Waals surface area contributed by atoms with Crippen molar-refractivity contribution < 1.29 is 18.3 Å². The molecule has 2 aromatic rings. The van der Waals surface area contributed by atoms with Crippen LogP contribution in [-0.2, 0) is 0 Å². The third kappa shape index (κ3) is 4.04. The number of rotatable bonds is 6. The van der Waals surface area contributed by atoms with Crippen LogP contribution in [0.5, 0.6) is 11.5 Å². The van der Waals surface area contributed by atoms with Crippen molar-refractivity contribution in [2.45, 2.75) is 26.5 Å². The van der Waals surface area contributed by atoms with Crippen molar-refractivity contribution in [3.63, 3.8) is 0 Å². The summed E-state index contributed by atoms with van der Waals surface area (Å²) in [5.41, 5.74) is 1.53. The first kappa shape index (κ1) is 15.5. The van der Waals surface area contributed by atoms with Crippen LogP contribution in [-0.4, -0.2) is 24.7 Å². The van der Waals surface area contributed by atoms with Crippen molar-refractivity contribution >= 4 is 16.5 Å². The molecule has 7 heteroatoms. The molecule has 0 amide bonds. The van der Waals surface area contributed by atoms with Gasteiger partial charge in [0.15, 0.2) is 16.6 Å². The maximum Gasteiger partial charge on any atom is 0.387 e. The Balaban J connectivity index is 2.26. The van der Waals surface area contributed by atoms with Gasteiger partial charge in [-0.2, -0.15) is 8.78 Å². The molecular weight excluding hydrogens is 298 g/mol. The van der Waals surface area contributed by atoms with E-state index in [0.29, 0.717) is 6.04 Å². The number of ether oxygens (including phenoxy) is 2. The molecule has 0 saturated carbocycles. The molecule has 0 aliphatic carbocycles. The average molecular weight is 314 g/mol. The Kier molecular flexibility index (Phi) is 4.95. The van der Waals surface area contributed by atoms with Crippen molar-refractivity contribution in [3.8, 4) is 22.8 Å². The molecule has 21 heavy (non-hydrogen) atoms. The van der Waals surface area contributed by atoms with Crippen LogP contribution in [0.2, 0.25) is 0 Å². The zero-order valence-corrected chi connectivity index (χ0v) is 12.7. The number of halogens is 2. The van der Waals surface area contributed by atoms with Crippen LogP contribution >= 0.6 is 11.3 Å². The predicted octanol–water partition coefficient (Wildman–Crippen LogP) is 4.24. The van der Waals surface area contributed by atoms with Gasteiger partial charge in [-0.3, -0.25) is 0 Å². The summed E-state index contributed by atoms with van der Waals surface area (Å²) in [6.07, 6.45) is 0. The van der Waals surface area contributed by atoms with Crippen LogP contribution < -0.4 is 14.8 Å². The van der Waals surface area contributed by atoms with Gasteiger partial charge in [-0.05, 0) is 32.0 Å². The highest BCUT2D eigenvalue weighted by atomic mass is 32.1. The largest absolute Gasteiger partial charge is 0.493 e. The highest BCUT2D eigenvalue weighted by Crippen LogP contribution is 2.34. The average Bonchev–Trinajstić information content (AvgIpc) is 2.86. The molecule has 0 aliphatic heterocycles. The Hall–Kier alpha value is -1.89. The van der Waals surface area contributed by atoms with Gasteiger partial charge in [0, 0.05) is 17.0 Å². The molecule has 0 unspecified atom stereocenters. The molecule has 0 saturated heterocycles. The Labute approximate surface area is 125 Å². The van der Waals surface area contributed by atoms with Crippen molar-refractivity contribution in [2.75, 3.05) is 12.4 Å². The minimum atomic E-state index is -2.88. The number of hydrogen-bond donors (Lipinski definition) is 1. The van der Waals surface area contributed by atoms with Crippen molar-refractivity contribution in [2.24, 2.45) is 0 Å². The SMILES string of the molecule is COc1cc(-c2csc(NC(C)C)n2)ccc1OC(F)F. The van der Waals surface area contributed by atoms with E-state index in [4.69, 9.17) is 4.74 Å². The maximum absolute atomic E-state index is 12.3. The van der Waals surface area contributed by atoms with E-state index in [1.165, 1.54) is 24.5 Å². The maximum atomic E-state index is 12.3. The van der Waals surface area contributed by atoms with Gasteiger partial charge in [0.25, 0.3) is 0 Å². The Morgan fingerprint density at radius 2 is 2.00 bits per heavy atom. The zero-order chi connectivity index (χ0) is 15.4. The van der Waals surface area contributed by atoms with Gasteiger partial charge in [0.05, 0.1) is 12.8 Å². The number of nitrogens with zero attached hydrogens (tertiary/aromatic N) is 1. The lowest BCUT2D eigenvalue weighted by molar-refractivity contribution is -0.0512. The molecule has 0 bridgehead atoms. The lowest BCUT2D eigenvalue weighted by atomic mass is 10.1. The summed E-state index contributed by atoms with van der Waals surface area (Å²) >= 11 is 1.49. The van der Waals surface area contributed by atoms with E-state index in [1.54, 1.807) is 12.1 Å². The monoisotopic (exact) mass is 314 g/mol. The number of anilines is 1. The van der Waals surface area contributed by atoms with Gasteiger partial charge in [-0.15, -0.1) is 11.3 Å². The first-order valence-electron chi connectivity index (χ1n) is 6.35. The van der Waals surface area contributed by atoms with E-state index < -0.39 is 6.61 Å². The molecular formula is C14H16F2N2O2S. The zero-order valence-electron chi connectivity index (χ0n) is 11.9. The summed E-state index contributed by atoms with van der Waals surface area (Å²) in [4.78, 5) is 4.45. The second-order valence-electron chi connectivity index (χ2n) is 4.58. The summed E-state index contributed by atoms with van der Waals surface area (Å²) in [5.74, 6) is 0.256. The highest BCUT2D eigenvalue weighted by Gasteiger charge is 2.13. The number of thiazole rings is 1. The van der Waals surface area contributed by atoms with Crippen LogP contribution in [0.25, 0.3) is 11.3 Å². The second kappa shape index (κ2) is 6.71. The molecule has 0 radical (unpaired) electrons. The summed E-state index contributed by atoms with van der Waals surface area (Å²) in [6.45, 7) is 1.17. The van der Waals surface area contributed by atoms with Crippen molar-refractivity contribution in [1.29, 1.82) is 0 Å². The second-order valence-corrected chi connectivity index (χ2v) is 5.44. The predicted molar refractivity (Wildman–Crippen MR) is 79.5 cm³/mol. The fraction of sp³-hybridized carbons (Fsp3) is 0.357. The van der Waals surface area contributed by atoms with Gasteiger partial charge in [-0.25, -0.2) is 4.98 Å². The minimum Gasteiger partial charge on any atom is -0.493 e. The molecule has 1 N–H and O–H groups in total. The molecule has 0 aliphatic rings. The molecule has 0 spiro atoms. The normalized spacial score (nSPS) is 11.0. The molecule has 0 atom stereocenters. The van der Waals surface area contributed by atoms with E-state index >= 15 is 0 Å². The summed E-state index contributed by atoms with van der Waals surface area (Å²) in [7, 11) is 1.41. The highest BCUT2D eigenvalue weighted by molar-refractivity contribution is 7.14. The molecule has 1 heterocycles. The van der Waals surface area contributed by atoms with E-state index in [9.17, 15) is 8.78 Å². The van der Waals surface area contributed by atoms with Crippen molar-refractivity contribution in [3.05, 3.63) is 23.6 Å². The standard InChI is InChI=1S/C14H16F2N2O2S/c1-8(2)17-14-18-10(7-21-14)9-4-5-11(20-13(15)16)12(6-9)19-3/h4-8,13H,1-3H3,(H,17,18). The van der Waals surface area contributed by atoms with Crippen LogP contribution in [0.4, 0.5) is 13.9 Å². The molecule has 2 rings (SSSR count). The smallest absolute Gasteiger partial charge is 0.387 e. The third-order valence-electron chi connectivity index (χ3n) is 2.59. The van der Waals surface area contributed by atoms with Crippen molar-refractivity contribution in [1.82, 2.24) is 4.98 Å². The minimum absolute atomic E-state index is 0.00649. The number of hydrogen-bond acceptors (Lipinski definition) is 5. The first-order valence-corrected chi connectivity index (χ1v) is 7.23. The lowest BCUT2D eigenvalue weighted by Crippen LogP contribution is -2.08. The quantitative estimate of drug-likeness (QED) is 0.866. The molecule has 114 valence electrons. The molecule has 4 nitrogen and oxygen atoms in total. The Bertz CT molecular complexity index is 602. The number of alkyl halides is 2. The Morgan fingerprint density at radius 3 is 2.62 bits per heavy atom. The van der Waals surface area contributed by atoms with E-state index in [0.717, 1.165) is 16.4 Å². The van der Waals surface area contributed by atoms with Gasteiger partial charge < -0.3 is 14.8 Å². The summed E-state index contributed by atoms with van der Waals surface area (Å²) < 4.78 is 34.1. The lowest BCUT2D eigenvalue weighted by Gasteiger charge is -2.10. The first-order chi connectivity index (χ1) is 9.99. The summed E-state index contributed by atoms with van der Waals surface area (Å²) in [5, 5.41) is 5.92.